The van der Waals surface area contributed by atoms with Crippen LogP contribution in [0.3, 0.4) is 0 Å². The molecule has 0 saturated heterocycles. The summed E-state index contributed by atoms with van der Waals surface area (Å²) >= 11 is 1.39. The number of nitrogens with one attached hydrogen (secondary N) is 1. The second-order valence-electron chi connectivity index (χ2n) is 7.01. The van der Waals surface area contributed by atoms with Gasteiger partial charge in [0.1, 0.15) is 16.5 Å². The van der Waals surface area contributed by atoms with E-state index in [4.69, 9.17) is 0 Å². The first-order valence-electron chi connectivity index (χ1n) is 9.39. The van der Waals surface area contributed by atoms with Gasteiger partial charge in [0.2, 0.25) is 0 Å². The molecule has 0 fully saturated rings. The monoisotopic (exact) mass is 407 g/mol. The second kappa shape index (κ2) is 7.36. The standard InChI is InChI=1S/C21H21N5O2S/c1-5-15-22-12(3)17-11(2)18(29-20(17)25-15)21(28)26(4)10-16-23-14-9-7-6-8-13(14)19(27)24-16/h6-9H,5,10H2,1-4H3,(H,23,24,27). The fourth-order valence-electron chi connectivity index (χ4n) is 3.44. The van der Waals surface area contributed by atoms with Gasteiger partial charge in [0, 0.05) is 24.5 Å². The number of thiophene rings is 1. The number of aromatic nitrogens is 4. The molecule has 0 aliphatic rings. The van der Waals surface area contributed by atoms with Crippen LogP contribution in [0.25, 0.3) is 21.1 Å². The van der Waals surface area contributed by atoms with Crippen LogP contribution in [0.1, 0.15) is 39.5 Å². The average molecular weight is 407 g/mol. The first-order chi connectivity index (χ1) is 13.9. The van der Waals surface area contributed by atoms with E-state index in [0.29, 0.717) is 21.6 Å². The van der Waals surface area contributed by atoms with Crippen LogP contribution in [-0.2, 0) is 13.0 Å². The molecule has 3 aromatic heterocycles. The number of carbonyl (C=O) groups is 1. The van der Waals surface area contributed by atoms with Gasteiger partial charge in [-0.25, -0.2) is 15.0 Å². The molecule has 0 bridgehead atoms. The fraction of sp³-hybridized carbons (Fsp3) is 0.286. The zero-order valence-electron chi connectivity index (χ0n) is 16.7. The first-order valence-corrected chi connectivity index (χ1v) is 10.2. The largest absolute Gasteiger partial charge is 0.334 e. The van der Waals surface area contributed by atoms with Gasteiger partial charge in [0.15, 0.2) is 0 Å². The van der Waals surface area contributed by atoms with E-state index < -0.39 is 0 Å². The molecule has 4 aromatic rings. The third-order valence-corrected chi connectivity index (χ3v) is 6.10. The summed E-state index contributed by atoms with van der Waals surface area (Å²) in [5.74, 6) is 1.10. The Labute approximate surface area is 171 Å². The summed E-state index contributed by atoms with van der Waals surface area (Å²) in [4.78, 5) is 44.8. The zero-order valence-corrected chi connectivity index (χ0v) is 17.6. The van der Waals surface area contributed by atoms with Gasteiger partial charge >= 0.3 is 0 Å². The maximum Gasteiger partial charge on any atom is 0.264 e. The Bertz CT molecular complexity index is 1310. The molecule has 7 nitrogen and oxygen atoms in total. The van der Waals surface area contributed by atoms with Crippen molar-refractivity contribution in [2.45, 2.75) is 33.7 Å². The van der Waals surface area contributed by atoms with E-state index in [2.05, 4.69) is 19.9 Å². The number of hydrogen-bond donors (Lipinski definition) is 1. The molecule has 1 N–H and O–H groups in total. The molecule has 4 rings (SSSR count). The normalized spacial score (nSPS) is 11.3. The number of carbonyl (C=O) groups excluding carboxylic acids is 1. The Morgan fingerprint density at radius 3 is 2.69 bits per heavy atom. The van der Waals surface area contributed by atoms with Gasteiger partial charge < -0.3 is 9.88 Å². The third kappa shape index (κ3) is 3.40. The maximum absolute atomic E-state index is 13.1. The molecule has 0 radical (unpaired) electrons. The van der Waals surface area contributed by atoms with Gasteiger partial charge in [-0.15, -0.1) is 11.3 Å². The van der Waals surface area contributed by atoms with Crippen LogP contribution < -0.4 is 5.56 Å². The number of amides is 1. The Morgan fingerprint density at radius 1 is 1.17 bits per heavy atom. The van der Waals surface area contributed by atoms with Crippen molar-refractivity contribution in [3.8, 4) is 0 Å². The Balaban J connectivity index is 1.67. The molecule has 29 heavy (non-hydrogen) atoms. The van der Waals surface area contributed by atoms with Crippen LogP contribution in [0.4, 0.5) is 0 Å². The number of H-pyrrole nitrogens is 1. The van der Waals surface area contributed by atoms with E-state index >= 15 is 0 Å². The predicted octanol–water partition coefficient (Wildman–Crippen LogP) is 3.38. The summed E-state index contributed by atoms with van der Waals surface area (Å²) in [5.41, 5.74) is 2.19. The van der Waals surface area contributed by atoms with Crippen molar-refractivity contribution in [1.29, 1.82) is 0 Å². The predicted molar refractivity (Wildman–Crippen MR) is 114 cm³/mol. The molecule has 8 heteroatoms. The van der Waals surface area contributed by atoms with Crippen LogP contribution in [0.5, 0.6) is 0 Å². The van der Waals surface area contributed by atoms with Gasteiger partial charge in [0.05, 0.1) is 22.3 Å². The van der Waals surface area contributed by atoms with E-state index in [9.17, 15) is 9.59 Å². The number of aryl methyl sites for hydroxylation is 3. The quantitative estimate of drug-likeness (QED) is 0.560. The van der Waals surface area contributed by atoms with Crippen molar-refractivity contribution in [1.82, 2.24) is 24.8 Å². The number of fused-ring (bicyclic) bond motifs is 2. The number of benzene rings is 1. The minimum absolute atomic E-state index is 0.126. The van der Waals surface area contributed by atoms with E-state index in [1.165, 1.54) is 11.3 Å². The van der Waals surface area contributed by atoms with Gasteiger partial charge in [-0.1, -0.05) is 19.1 Å². The number of nitrogens with zero attached hydrogens (tertiary/aromatic N) is 4. The molecular weight excluding hydrogens is 386 g/mol. The summed E-state index contributed by atoms with van der Waals surface area (Å²) in [7, 11) is 1.71. The zero-order chi connectivity index (χ0) is 20.7. The van der Waals surface area contributed by atoms with Crippen LogP contribution in [0.15, 0.2) is 29.1 Å². The van der Waals surface area contributed by atoms with E-state index in [1.807, 2.05) is 26.8 Å². The second-order valence-corrected chi connectivity index (χ2v) is 8.01. The maximum atomic E-state index is 13.1. The Kier molecular flexibility index (Phi) is 4.87. The molecule has 1 aromatic carbocycles. The highest BCUT2D eigenvalue weighted by atomic mass is 32.1. The summed E-state index contributed by atoms with van der Waals surface area (Å²) in [5, 5.41) is 1.48. The lowest BCUT2D eigenvalue weighted by Gasteiger charge is -2.16. The van der Waals surface area contributed by atoms with Crippen molar-refractivity contribution >= 4 is 38.4 Å². The lowest BCUT2D eigenvalue weighted by molar-refractivity contribution is 0.0786. The molecule has 0 unspecified atom stereocenters. The SMILES string of the molecule is CCc1nc(C)c2c(C)c(C(=O)N(C)Cc3nc4ccccc4c(=O)[nH]3)sc2n1. The first kappa shape index (κ1) is 19.2. The summed E-state index contributed by atoms with van der Waals surface area (Å²) in [6.07, 6.45) is 0.748. The number of para-hydroxylation sites is 1. The highest BCUT2D eigenvalue weighted by molar-refractivity contribution is 7.20. The van der Waals surface area contributed by atoms with Crippen LogP contribution in [-0.4, -0.2) is 37.8 Å². The van der Waals surface area contributed by atoms with Gasteiger partial charge in [-0.3, -0.25) is 9.59 Å². The minimum atomic E-state index is -0.206. The van der Waals surface area contributed by atoms with Gasteiger partial charge in [-0.2, -0.15) is 0 Å². The lowest BCUT2D eigenvalue weighted by atomic mass is 10.1. The molecule has 0 aliphatic heterocycles. The van der Waals surface area contributed by atoms with Crippen LogP contribution >= 0.6 is 11.3 Å². The molecule has 3 heterocycles. The average Bonchev–Trinajstić information content (AvgIpc) is 3.04. The van der Waals surface area contributed by atoms with Crippen molar-refractivity contribution in [2.24, 2.45) is 0 Å². The van der Waals surface area contributed by atoms with E-state index in [0.717, 1.165) is 33.7 Å². The van der Waals surface area contributed by atoms with Crippen LogP contribution in [0.2, 0.25) is 0 Å². The van der Waals surface area contributed by atoms with E-state index in [-0.39, 0.29) is 18.0 Å². The summed E-state index contributed by atoms with van der Waals surface area (Å²) < 4.78 is 0. The number of rotatable bonds is 4. The molecular formula is C21H21N5O2S. The van der Waals surface area contributed by atoms with Crippen molar-refractivity contribution in [2.75, 3.05) is 7.05 Å². The highest BCUT2D eigenvalue weighted by Crippen LogP contribution is 2.32. The molecule has 0 atom stereocenters. The van der Waals surface area contributed by atoms with Crippen molar-refractivity contribution in [3.63, 3.8) is 0 Å². The summed E-state index contributed by atoms with van der Waals surface area (Å²) in [6, 6.07) is 7.16. The van der Waals surface area contributed by atoms with Crippen molar-refractivity contribution in [3.05, 3.63) is 62.4 Å². The topological polar surface area (TPSA) is 91.8 Å². The minimum Gasteiger partial charge on any atom is -0.334 e. The number of aromatic amines is 1. The Hall–Kier alpha value is -3.13. The van der Waals surface area contributed by atoms with Crippen LogP contribution in [0, 0.1) is 13.8 Å². The van der Waals surface area contributed by atoms with E-state index in [1.54, 1.807) is 30.1 Å². The molecule has 148 valence electrons. The highest BCUT2D eigenvalue weighted by Gasteiger charge is 2.22. The van der Waals surface area contributed by atoms with Gasteiger partial charge in [-0.05, 0) is 31.5 Å². The molecule has 0 aliphatic carbocycles. The molecule has 1 amide bonds. The summed E-state index contributed by atoms with van der Waals surface area (Å²) in [6.45, 7) is 6.10. The molecule has 0 saturated carbocycles. The third-order valence-electron chi connectivity index (χ3n) is 4.92. The number of hydrogen-bond acceptors (Lipinski definition) is 6. The fourth-order valence-corrected chi connectivity index (χ4v) is 4.68. The van der Waals surface area contributed by atoms with Crippen molar-refractivity contribution < 1.29 is 4.79 Å². The smallest absolute Gasteiger partial charge is 0.264 e. The lowest BCUT2D eigenvalue weighted by Crippen LogP contribution is -2.28. The Morgan fingerprint density at radius 2 is 1.93 bits per heavy atom. The molecule has 0 spiro atoms. The van der Waals surface area contributed by atoms with Gasteiger partial charge in [0.25, 0.3) is 11.5 Å².